The number of esters is 1. The van der Waals surface area contributed by atoms with E-state index in [0.717, 1.165) is 0 Å². The van der Waals surface area contributed by atoms with Crippen molar-refractivity contribution in [2.45, 2.75) is 6.42 Å². The van der Waals surface area contributed by atoms with Crippen molar-refractivity contribution in [1.82, 2.24) is 0 Å². The van der Waals surface area contributed by atoms with Crippen LogP contribution in [0.15, 0.2) is 0 Å². The number of halogens is 3. The molecule has 0 fully saturated rings. The zero-order chi connectivity index (χ0) is 8.20. The summed E-state index contributed by atoms with van der Waals surface area (Å²) in [5, 5.41) is 0. The third-order valence-electron chi connectivity index (χ3n) is 0.765. The van der Waals surface area contributed by atoms with Crippen molar-refractivity contribution < 1.29 is 9.53 Å². The summed E-state index contributed by atoms with van der Waals surface area (Å²) in [6.07, 6.45) is 0.169. The lowest BCUT2D eigenvalue weighted by Crippen LogP contribution is -2.02. The zero-order valence-corrected chi connectivity index (χ0v) is 8.36. The number of ether oxygens (including phenoxy) is 1. The molecule has 62 valence electrons. The molecule has 0 bridgehead atoms. The van der Waals surface area contributed by atoms with E-state index < -0.39 is 7.67 Å². The number of hydrogen-bond donors (Lipinski definition) is 0. The molecule has 2 nitrogen and oxygen atoms in total. The average Bonchev–Trinajstić information content (AvgIpc) is 1.81. The van der Waals surface area contributed by atoms with Crippen molar-refractivity contribution in [2.75, 3.05) is 12.9 Å². The molecule has 0 aromatic rings. The lowest BCUT2D eigenvalue weighted by Gasteiger charge is -2.12. The molecule has 6 heteroatoms. The van der Waals surface area contributed by atoms with E-state index in [0.29, 0.717) is 0 Å². The third-order valence-corrected chi connectivity index (χ3v) is 2.82. The Kier molecular flexibility index (Phi) is 4.86. The topological polar surface area (TPSA) is 26.3 Å². The summed E-state index contributed by atoms with van der Waals surface area (Å²) in [5.74, 6) is -0.0801. The van der Waals surface area contributed by atoms with Crippen LogP contribution in [0, 0.1) is 0 Å². The van der Waals surface area contributed by atoms with Crippen LogP contribution in [-0.4, -0.2) is 18.8 Å². The Hall–Kier alpha value is 0.690. The molecule has 0 aromatic heterocycles. The first-order valence-electron chi connectivity index (χ1n) is 2.42. The predicted molar refractivity (Wildman–Crippen MR) is 46.7 cm³/mol. The molecule has 0 aromatic carbocycles. The molecular formula is C4H7Cl3O2S. The fraction of sp³-hybridized carbons (Fsp3) is 0.750. The van der Waals surface area contributed by atoms with E-state index in [1.165, 1.54) is 7.11 Å². The second kappa shape index (κ2) is 4.54. The minimum atomic E-state index is -2.11. The smallest absolute Gasteiger partial charge is 0.306 e. The zero-order valence-electron chi connectivity index (χ0n) is 5.27. The fourth-order valence-electron chi connectivity index (χ4n) is 0.301. The Labute approximate surface area is 74.6 Å². The van der Waals surface area contributed by atoms with Crippen molar-refractivity contribution in [1.29, 1.82) is 0 Å². The minimum absolute atomic E-state index is 0.169. The maximum atomic E-state index is 10.5. The number of hydrogen-bond acceptors (Lipinski definition) is 2. The van der Waals surface area contributed by atoms with Crippen LogP contribution < -0.4 is 0 Å². The minimum Gasteiger partial charge on any atom is -0.469 e. The van der Waals surface area contributed by atoms with E-state index in [4.69, 9.17) is 32.0 Å². The number of rotatable bonds is 3. The van der Waals surface area contributed by atoms with Gasteiger partial charge in [0.15, 0.2) is 0 Å². The summed E-state index contributed by atoms with van der Waals surface area (Å²) in [6, 6.07) is 0. The third kappa shape index (κ3) is 6.81. The second-order valence-electron chi connectivity index (χ2n) is 1.53. The van der Waals surface area contributed by atoms with Crippen LogP contribution in [0.3, 0.4) is 0 Å². The largest absolute Gasteiger partial charge is 0.469 e. The summed E-state index contributed by atoms with van der Waals surface area (Å²) in [7, 11) is 15.5. The number of carbonyl (C=O) groups excluding carboxylic acids is 1. The highest BCUT2D eigenvalue weighted by Gasteiger charge is 2.15. The lowest BCUT2D eigenvalue weighted by atomic mass is 10.5. The standard InChI is InChI=1S/C4H7Cl3O2S/c1-9-4(8)2-3-10(5,6)7/h2-3H2,1H3. The van der Waals surface area contributed by atoms with E-state index in [1.807, 2.05) is 0 Å². The molecule has 0 atom stereocenters. The van der Waals surface area contributed by atoms with Gasteiger partial charge in [-0.05, 0) is 39.7 Å². The molecule has 0 saturated heterocycles. The Morgan fingerprint density at radius 2 is 2.00 bits per heavy atom. The lowest BCUT2D eigenvalue weighted by molar-refractivity contribution is -0.140. The van der Waals surface area contributed by atoms with Crippen LogP contribution in [0.25, 0.3) is 0 Å². The van der Waals surface area contributed by atoms with Gasteiger partial charge in [-0.3, -0.25) is 4.79 Å². The van der Waals surface area contributed by atoms with Gasteiger partial charge in [-0.1, -0.05) is 0 Å². The monoisotopic (exact) mass is 224 g/mol. The molecule has 0 amide bonds. The van der Waals surface area contributed by atoms with Gasteiger partial charge in [0.05, 0.1) is 13.5 Å². The van der Waals surface area contributed by atoms with Gasteiger partial charge < -0.3 is 4.74 Å². The Bertz CT molecular complexity index is 122. The number of methoxy groups -OCH3 is 1. The second-order valence-corrected chi connectivity index (χ2v) is 9.11. The maximum Gasteiger partial charge on any atom is 0.306 e. The van der Waals surface area contributed by atoms with Gasteiger partial charge in [-0.2, -0.15) is 0 Å². The van der Waals surface area contributed by atoms with E-state index in [2.05, 4.69) is 4.74 Å². The van der Waals surface area contributed by atoms with Crippen LogP contribution in [0.4, 0.5) is 0 Å². The van der Waals surface area contributed by atoms with Crippen molar-refractivity contribution in [3.8, 4) is 0 Å². The van der Waals surface area contributed by atoms with Crippen LogP contribution in [0.2, 0.25) is 0 Å². The SMILES string of the molecule is COC(=O)CCS(Cl)(Cl)Cl. The molecule has 0 heterocycles. The maximum absolute atomic E-state index is 10.5. The summed E-state index contributed by atoms with van der Waals surface area (Å²) < 4.78 is 4.34. The van der Waals surface area contributed by atoms with Gasteiger partial charge in [-0.25, -0.2) is 0 Å². The molecule has 0 radical (unpaired) electrons. The Morgan fingerprint density at radius 3 is 2.30 bits per heavy atom. The molecule has 0 aliphatic carbocycles. The van der Waals surface area contributed by atoms with Crippen molar-refractivity contribution in [3.05, 3.63) is 0 Å². The van der Waals surface area contributed by atoms with E-state index >= 15 is 0 Å². The van der Waals surface area contributed by atoms with Crippen LogP contribution in [0.1, 0.15) is 6.42 Å². The van der Waals surface area contributed by atoms with Gasteiger partial charge >= 0.3 is 5.97 Å². The summed E-state index contributed by atoms with van der Waals surface area (Å²) in [6.45, 7) is 0. The molecule has 10 heavy (non-hydrogen) atoms. The molecule has 0 unspecified atom stereocenters. The number of carbonyl (C=O) groups is 1. The first-order valence-corrected chi connectivity index (χ1v) is 6.70. The van der Waals surface area contributed by atoms with E-state index in [-0.39, 0.29) is 18.1 Å². The first-order chi connectivity index (χ1) is 4.45. The van der Waals surface area contributed by atoms with Crippen LogP contribution in [-0.2, 0) is 9.53 Å². The highest BCUT2D eigenvalue weighted by Crippen LogP contribution is 2.63. The summed E-state index contributed by atoms with van der Waals surface area (Å²) >= 11 is 0. The Morgan fingerprint density at radius 1 is 1.50 bits per heavy atom. The average molecular weight is 226 g/mol. The van der Waals surface area contributed by atoms with Crippen molar-refractivity contribution >= 4 is 45.7 Å². The van der Waals surface area contributed by atoms with Crippen LogP contribution in [0.5, 0.6) is 0 Å². The van der Waals surface area contributed by atoms with Gasteiger partial charge in [0.2, 0.25) is 0 Å². The van der Waals surface area contributed by atoms with E-state index in [9.17, 15) is 4.79 Å². The Balaban J connectivity index is 3.46. The summed E-state index contributed by atoms with van der Waals surface area (Å²) in [4.78, 5) is 10.5. The highest BCUT2D eigenvalue weighted by atomic mass is 36.2. The molecule has 0 aliphatic rings. The van der Waals surface area contributed by atoms with Gasteiger partial charge in [0.25, 0.3) is 0 Å². The highest BCUT2D eigenvalue weighted by molar-refractivity contribution is 8.79. The first kappa shape index (κ1) is 10.7. The van der Waals surface area contributed by atoms with Crippen molar-refractivity contribution in [2.24, 2.45) is 0 Å². The molecule has 0 spiro atoms. The van der Waals surface area contributed by atoms with Gasteiger partial charge in [-0.15, -0.1) is 0 Å². The van der Waals surface area contributed by atoms with E-state index in [1.54, 1.807) is 0 Å². The van der Waals surface area contributed by atoms with Crippen molar-refractivity contribution in [3.63, 3.8) is 0 Å². The van der Waals surface area contributed by atoms with Gasteiger partial charge in [0.1, 0.15) is 0 Å². The van der Waals surface area contributed by atoms with Gasteiger partial charge in [0, 0.05) is 5.75 Å². The molecule has 0 aliphatic heterocycles. The quantitative estimate of drug-likeness (QED) is 0.691. The molecular weight excluding hydrogens is 218 g/mol. The fourth-order valence-corrected chi connectivity index (χ4v) is 1.39. The molecule has 0 saturated carbocycles. The van der Waals surface area contributed by atoms with Crippen LogP contribution >= 0.6 is 39.7 Å². The normalized spacial score (nSPS) is 12.8. The molecule has 0 rings (SSSR count). The predicted octanol–water partition coefficient (Wildman–Crippen LogP) is 2.82. The summed E-state index contributed by atoms with van der Waals surface area (Å²) in [5.41, 5.74) is 0. The molecule has 0 N–H and O–H groups in total.